The fourth-order valence-corrected chi connectivity index (χ4v) is 5.58. The van der Waals surface area contributed by atoms with E-state index < -0.39 is 76.0 Å². The second kappa shape index (κ2) is 19.0. The number of aliphatic carboxylic acids is 1. The van der Waals surface area contributed by atoms with E-state index in [1.54, 1.807) is 6.07 Å². The van der Waals surface area contributed by atoms with E-state index in [1.165, 1.54) is 31.2 Å². The summed E-state index contributed by atoms with van der Waals surface area (Å²) in [7, 11) is -4.65. The van der Waals surface area contributed by atoms with Crippen LogP contribution in [0.1, 0.15) is 57.4 Å². The van der Waals surface area contributed by atoms with Gasteiger partial charge in [-0.25, -0.2) is 4.79 Å². The zero-order chi connectivity index (χ0) is 36.8. The van der Waals surface area contributed by atoms with Gasteiger partial charge < -0.3 is 39.8 Å². The molecule has 1 aromatic rings. The molecule has 3 rings (SSSR count). The maximum atomic E-state index is 12.8. The fourth-order valence-electron chi connectivity index (χ4n) is 4.92. The van der Waals surface area contributed by atoms with E-state index in [1.807, 2.05) is 0 Å². The number of carboxylic acid groups (broad SMARTS) is 1. The van der Waals surface area contributed by atoms with Gasteiger partial charge in [0, 0.05) is 63.1 Å². The summed E-state index contributed by atoms with van der Waals surface area (Å²) in [5, 5.41) is 24.1. The molecule has 0 radical (unpaired) electrons. The zero-order valence-corrected chi connectivity index (χ0v) is 28.1. The number of amides is 4. The Hall–Kier alpha value is -4.59. The van der Waals surface area contributed by atoms with Crippen molar-refractivity contribution >= 4 is 45.7 Å². The Morgan fingerprint density at radius 2 is 1.78 bits per heavy atom. The lowest BCUT2D eigenvalue weighted by Gasteiger charge is -2.31. The van der Waals surface area contributed by atoms with Crippen LogP contribution < -0.4 is 20.1 Å². The first-order chi connectivity index (χ1) is 23.6. The monoisotopic (exact) mass is 727 g/mol. The number of carboxylic acids is 1. The Kier molecular flexibility index (Phi) is 15.1. The number of carbonyl (C=O) groups is 6. The first-order valence-electron chi connectivity index (χ1n) is 15.8. The summed E-state index contributed by atoms with van der Waals surface area (Å²) in [5.74, 6) is -4.73. The van der Waals surface area contributed by atoms with Gasteiger partial charge in [0.1, 0.15) is 29.9 Å². The molecule has 4 unspecified atom stereocenters. The van der Waals surface area contributed by atoms with E-state index in [9.17, 15) is 52.0 Å². The van der Waals surface area contributed by atoms with Gasteiger partial charge in [-0.05, 0) is 31.4 Å². The van der Waals surface area contributed by atoms with Gasteiger partial charge in [-0.2, -0.15) is 8.42 Å². The van der Waals surface area contributed by atoms with Crippen molar-refractivity contribution in [1.82, 2.24) is 15.5 Å². The van der Waals surface area contributed by atoms with Gasteiger partial charge in [0.2, 0.25) is 18.1 Å². The van der Waals surface area contributed by atoms with Crippen molar-refractivity contribution in [3.8, 4) is 11.5 Å². The zero-order valence-electron chi connectivity index (χ0n) is 27.3. The second-order valence-electron chi connectivity index (χ2n) is 11.5. The molecule has 1 fully saturated rings. The van der Waals surface area contributed by atoms with E-state index in [-0.39, 0.29) is 63.5 Å². The van der Waals surface area contributed by atoms with Crippen molar-refractivity contribution < 1.29 is 70.9 Å². The largest absolute Gasteiger partial charge is 0.493 e. The van der Waals surface area contributed by atoms with Gasteiger partial charge in [0.05, 0.1) is 12.7 Å². The summed E-state index contributed by atoms with van der Waals surface area (Å²) in [6, 6.07) is 2.94. The third-order valence-corrected chi connectivity index (χ3v) is 8.13. The van der Waals surface area contributed by atoms with Gasteiger partial charge in [-0.1, -0.05) is 6.42 Å². The summed E-state index contributed by atoms with van der Waals surface area (Å²) < 4.78 is 54.4. The minimum atomic E-state index is -4.65. The average molecular weight is 728 g/mol. The Balaban J connectivity index is 1.49. The molecule has 2 heterocycles. The molecular formula is C31H41N3O15S. The highest BCUT2D eigenvalue weighted by atomic mass is 32.2. The molecule has 0 aromatic heterocycles. The van der Waals surface area contributed by atoms with Gasteiger partial charge in [-0.15, -0.1) is 0 Å². The van der Waals surface area contributed by atoms with Crippen LogP contribution in [0.5, 0.6) is 11.5 Å². The Labute approximate surface area is 287 Å². The molecule has 19 heteroatoms. The van der Waals surface area contributed by atoms with E-state index in [0.29, 0.717) is 24.8 Å². The minimum absolute atomic E-state index is 0.00343. The maximum Gasteiger partial charge on any atom is 0.333 e. The molecule has 18 nitrogen and oxygen atoms in total. The minimum Gasteiger partial charge on any atom is -0.493 e. The van der Waals surface area contributed by atoms with Crippen LogP contribution in [0.4, 0.5) is 0 Å². The maximum absolute atomic E-state index is 12.8. The number of aliphatic hydroxyl groups excluding tert-OH is 1. The predicted octanol–water partition coefficient (Wildman–Crippen LogP) is -0.178. The number of hydrogen-bond donors (Lipinski definition) is 5. The Morgan fingerprint density at radius 1 is 1.06 bits per heavy atom. The molecule has 2 aliphatic heterocycles. The van der Waals surface area contributed by atoms with Crippen molar-refractivity contribution in [2.24, 2.45) is 0 Å². The van der Waals surface area contributed by atoms with E-state index >= 15 is 0 Å². The molecule has 0 aliphatic carbocycles. The number of carbonyl (C=O) groups excluding carboxylic acids is 5. The molecule has 1 aromatic carbocycles. The third kappa shape index (κ3) is 13.7. The third-order valence-electron chi connectivity index (χ3n) is 7.37. The van der Waals surface area contributed by atoms with Crippen LogP contribution in [0.15, 0.2) is 30.4 Å². The van der Waals surface area contributed by atoms with Crippen LogP contribution >= 0.6 is 0 Å². The summed E-state index contributed by atoms with van der Waals surface area (Å²) in [5.41, 5.74) is 0.454. The van der Waals surface area contributed by atoms with Crippen molar-refractivity contribution in [2.45, 2.75) is 83.0 Å². The number of ether oxygens (including phenoxy) is 4. The van der Waals surface area contributed by atoms with Crippen molar-refractivity contribution in [2.75, 3.05) is 25.4 Å². The lowest BCUT2D eigenvalue weighted by atomic mass is 10.1. The molecule has 4 atom stereocenters. The number of rotatable bonds is 20. The quantitative estimate of drug-likeness (QED) is 0.0505. The number of hydrogen-bond acceptors (Lipinski definition) is 13. The van der Waals surface area contributed by atoms with Gasteiger partial charge >= 0.3 is 11.9 Å². The molecule has 0 bridgehead atoms. The van der Waals surface area contributed by atoms with Gasteiger partial charge in [0.25, 0.3) is 21.9 Å². The van der Waals surface area contributed by atoms with E-state index in [0.717, 1.165) is 4.90 Å². The fraction of sp³-hybridized carbons (Fsp3) is 0.548. The summed E-state index contributed by atoms with van der Waals surface area (Å²) in [6.45, 7) is 1.24. The summed E-state index contributed by atoms with van der Waals surface area (Å²) in [4.78, 5) is 72.2. The first kappa shape index (κ1) is 39.8. The number of imide groups is 1. The van der Waals surface area contributed by atoms with Crippen LogP contribution in [0, 0.1) is 0 Å². The predicted molar refractivity (Wildman–Crippen MR) is 170 cm³/mol. The highest BCUT2D eigenvalue weighted by Gasteiger charge is 2.34. The molecule has 1 saturated heterocycles. The SMILES string of the molecule is CC(=O)OCc1ccc(OC2CC(O)CC(C(=O)O)O2)cc1OCCCNC(=O)C(CS(=O)(=O)O)NC(=O)CCCCCN1C(=O)C=CC1=O. The van der Waals surface area contributed by atoms with Crippen LogP contribution in [-0.4, -0.2) is 114 Å². The Bertz CT molecular complexity index is 1530. The average Bonchev–Trinajstić information content (AvgIpc) is 3.35. The molecule has 4 amide bonds. The van der Waals surface area contributed by atoms with E-state index in [4.69, 9.17) is 18.9 Å². The lowest BCUT2D eigenvalue weighted by molar-refractivity contribution is -0.195. The molecule has 276 valence electrons. The number of esters is 1. The van der Waals surface area contributed by atoms with Crippen LogP contribution in [0.25, 0.3) is 0 Å². The molecule has 0 saturated carbocycles. The summed E-state index contributed by atoms with van der Waals surface area (Å²) in [6.07, 6.45) is 0.376. The number of unbranched alkanes of at least 4 members (excludes halogenated alkanes) is 2. The van der Waals surface area contributed by atoms with Gasteiger partial charge in [0.15, 0.2) is 6.10 Å². The van der Waals surface area contributed by atoms with Crippen molar-refractivity contribution in [3.63, 3.8) is 0 Å². The van der Waals surface area contributed by atoms with E-state index in [2.05, 4.69) is 10.6 Å². The van der Waals surface area contributed by atoms with Crippen LogP contribution in [0.3, 0.4) is 0 Å². The van der Waals surface area contributed by atoms with Crippen molar-refractivity contribution in [1.29, 1.82) is 0 Å². The highest BCUT2D eigenvalue weighted by molar-refractivity contribution is 7.85. The summed E-state index contributed by atoms with van der Waals surface area (Å²) >= 11 is 0. The lowest BCUT2D eigenvalue weighted by Crippen LogP contribution is -2.50. The van der Waals surface area contributed by atoms with Crippen molar-refractivity contribution in [3.05, 3.63) is 35.9 Å². The molecule has 5 N–H and O–H groups in total. The normalized spacial score (nSPS) is 19.5. The smallest absolute Gasteiger partial charge is 0.333 e. The van der Waals surface area contributed by atoms with Gasteiger partial charge in [-0.3, -0.25) is 33.4 Å². The van der Waals surface area contributed by atoms with Crippen LogP contribution in [0.2, 0.25) is 0 Å². The Morgan fingerprint density at radius 3 is 2.44 bits per heavy atom. The molecule has 2 aliphatic rings. The second-order valence-corrected chi connectivity index (χ2v) is 13.0. The number of nitrogens with one attached hydrogen (secondary N) is 2. The molecule has 0 spiro atoms. The number of nitrogens with zero attached hydrogens (tertiary/aromatic N) is 1. The topological polar surface area (TPSA) is 261 Å². The first-order valence-corrected chi connectivity index (χ1v) is 17.4. The molecular weight excluding hydrogens is 686 g/mol. The highest BCUT2D eigenvalue weighted by Crippen LogP contribution is 2.29. The molecule has 50 heavy (non-hydrogen) atoms. The number of aliphatic hydroxyl groups is 1. The number of benzene rings is 1. The van der Waals surface area contributed by atoms with Crippen LogP contribution in [-0.2, 0) is 55.0 Å². The standard InChI is InChI=1S/C31H41N3O15S/c1-19(35)47-17-20-7-8-22(48-29-15-21(36)14-25(49-29)31(41)42)16-24(20)46-13-5-11-32-30(40)23(18-50(43,44)45)33-26(37)6-3-2-4-12-34-27(38)9-10-28(34)39/h7-10,16,21,23,25,29,36H,2-6,11-15,17-18H2,1H3,(H,32,40)(H,33,37)(H,41,42)(H,43,44,45).